The average molecular weight is 699 g/mol. The lowest BCUT2D eigenvalue weighted by Gasteiger charge is -2.16. The van der Waals surface area contributed by atoms with Crippen molar-refractivity contribution in [2.45, 2.75) is 167 Å². The molecule has 0 bridgehead atoms. The maximum absolute atomic E-state index is 12.4. The largest absolute Gasteiger partial charge is 0.481 e. The van der Waals surface area contributed by atoms with Gasteiger partial charge in [-0.1, -0.05) is 90.4 Å². The van der Waals surface area contributed by atoms with E-state index in [4.69, 9.17) is 10.2 Å². The molecule has 13 heteroatoms. The first kappa shape index (κ1) is 45.5. The van der Waals surface area contributed by atoms with Gasteiger partial charge in [0, 0.05) is 38.6 Å². The molecule has 0 aromatic carbocycles. The highest BCUT2D eigenvalue weighted by Gasteiger charge is 2.25. The minimum absolute atomic E-state index is 0.104. The Morgan fingerprint density at radius 3 is 1.45 bits per heavy atom. The molecular formula is C36H62N2O11. The number of unbranched alkanes of at least 4 members (excludes halogenated alkanes) is 14. The van der Waals surface area contributed by atoms with E-state index in [2.05, 4.69) is 10.6 Å². The fourth-order valence-electron chi connectivity index (χ4n) is 5.53. The van der Waals surface area contributed by atoms with Crippen LogP contribution in [0.4, 0.5) is 0 Å². The van der Waals surface area contributed by atoms with E-state index in [9.17, 15) is 43.8 Å². The lowest BCUT2D eigenvalue weighted by atomic mass is 9.94. The first-order valence-corrected chi connectivity index (χ1v) is 18.3. The highest BCUT2D eigenvalue weighted by molar-refractivity contribution is 5.86. The van der Waals surface area contributed by atoms with Crippen molar-refractivity contribution in [2.24, 2.45) is 11.8 Å². The monoisotopic (exact) mass is 698 g/mol. The molecule has 0 unspecified atom stereocenters. The second-order valence-electron chi connectivity index (χ2n) is 13.2. The topological polar surface area (TPSA) is 224 Å². The highest BCUT2D eigenvalue weighted by Crippen LogP contribution is 2.17. The lowest BCUT2D eigenvalue weighted by molar-refractivity contribution is -0.145. The van der Waals surface area contributed by atoms with E-state index in [-0.39, 0.29) is 50.7 Å². The van der Waals surface area contributed by atoms with Gasteiger partial charge in [-0.25, -0.2) is 4.79 Å². The molecule has 0 rings (SSSR count). The molecule has 0 aliphatic heterocycles. The van der Waals surface area contributed by atoms with Crippen molar-refractivity contribution in [2.75, 3.05) is 6.54 Å². The van der Waals surface area contributed by atoms with E-state index in [0.717, 1.165) is 44.9 Å². The maximum Gasteiger partial charge on any atom is 0.326 e. The number of hydrogen-bond acceptors (Lipinski definition) is 7. The zero-order valence-electron chi connectivity index (χ0n) is 29.6. The second-order valence-corrected chi connectivity index (χ2v) is 13.2. The molecule has 0 aromatic heterocycles. The van der Waals surface area contributed by atoms with Crippen LogP contribution in [0, 0.1) is 11.8 Å². The summed E-state index contributed by atoms with van der Waals surface area (Å²) in [5.74, 6) is -6.82. The molecule has 13 nitrogen and oxygen atoms in total. The van der Waals surface area contributed by atoms with Crippen molar-refractivity contribution in [1.29, 1.82) is 0 Å². The highest BCUT2D eigenvalue weighted by atomic mass is 16.4. The standard InChI is InChI=1S/C36H62N2O11/c1-27(34(44)45)18-16-17-25-37-31(40)24-22-30(36(48)49)38-32(41)23-21-28(35(46)47)26-29(39)19-14-12-10-8-6-4-2-3-5-7-9-11-13-15-20-33(42)43/h27-28,30H,2-26H2,1H3,(H,37,40)(H,38,41)(H,42,43)(H,44,45)(H,46,47)(H,48,49)/t27-,28+,30-/m0/s1. The first-order chi connectivity index (χ1) is 23.3. The SMILES string of the molecule is C[C@@H](CCCCNC(=O)CC[C@H](NC(=O)CC[C@H](CC(=O)CCCCCCCCCCCCCCCCC(=O)O)C(=O)O)C(=O)O)C(=O)O. The number of aliphatic carboxylic acids is 4. The Morgan fingerprint density at radius 2 is 0.980 bits per heavy atom. The summed E-state index contributed by atoms with van der Waals surface area (Å²) in [5.41, 5.74) is 0. The Hall–Kier alpha value is -3.51. The molecule has 0 fully saturated rings. The summed E-state index contributed by atoms with van der Waals surface area (Å²) < 4.78 is 0. The van der Waals surface area contributed by atoms with E-state index >= 15 is 0 Å². The van der Waals surface area contributed by atoms with Crippen LogP contribution in [0.5, 0.6) is 0 Å². The molecule has 0 saturated carbocycles. The molecule has 0 spiro atoms. The Kier molecular flexibility index (Phi) is 27.3. The van der Waals surface area contributed by atoms with E-state index in [0.29, 0.717) is 32.2 Å². The zero-order chi connectivity index (χ0) is 36.9. The van der Waals surface area contributed by atoms with E-state index in [1.807, 2.05) is 0 Å². The van der Waals surface area contributed by atoms with E-state index in [1.54, 1.807) is 6.92 Å². The summed E-state index contributed by atoms with van der Waals surface area (Å²) in [5, 5.41) is 41.5. The molecule has 0 saturated heterocycles. The molecular weight excluding hydrogens is 636 g/mol. The van der Waals surface area contributed by atoms with E-state index < -0.39 is 53.6 Å². The van der Waals surface area contributed by atoms with Gasteiger partial charge in [-0.2, -0.15) is 0 Å². The maximum atomic E-state index is 12.4. The Bertz CT molecular complexity index is 1000. The van der Waals surface area contributed by atoms with Crippen LogP contribution < -0.4 is 10.6 Å². The third-order valence-corrected chi connectivity index (χ3v) is 8.74. The molecule has 2 amide bonds. The summed E-state index contributed by atoms with van der Waals surface area (Å²) >= 11 is 0. The smallest absolute Gasteiger partial charge is 0.326 e. The molecule has 282 valence electrons. The molecule has 49 heavy (non-hydrogen) atoms. The number of rotatable bonds is 34. The predicted octanol–water partition coefficient (Wildman–Crippen LogP) is 6.11. The average Bonchev–Trinajstić information content (AvgIpc) is 3.03. The van der Waals surface area contributed by atoms with Crippen LogP contribution in [0.25, 0.3) is 0 Å². The van der Waals surface area contributed by atoms with Crippen molar-refractivity contribution in [1.82, 2.24) is 10.6 Å². The van der Waals surface area contributed by atoms with Crippen molar-refractivity contribution in [3.05, 3.63) is 0 Å². The molecule has 0 radical (unpaired) electrons. The molecule has 0 aliphatic carbocycles. The van der Waals surface area contributed by atoms with Gasteiger partial charge in [0.05, 0.1) is 11.8 Å². The summed E-state index contributed by atoms with van der Waals surface area (Å²) in [7, 11) is 0. The number of carboxylic acid groups (broad SMARTS) is 4. The Labute approximate surface area is 291 Å². The molecule has 0 heterocycles. The van der Waals surface area contributed by atoms with Gasteiger partial charge in [0.1, 0.15) is 11.8 Å². The van der Waals surface area contributed by atoms with Crippen LogP contribution in [0.3, 0.4) is 0 Å². The van der Waals surface area contributed by atoms with Gasteiger partial charge in [-0.15, -0.1) is 0 Å². The first-order valence-electron chi connectivity index (χ1n) is 18.3. The van der Waals surface area contributed by atoms with Crippen molar-refractivity contribution in [3.8, 4) is 0 Å². The third-order valence-electron chi connectivity index (χ3n) is 8.74. The zero-order valence-corrected chi connectivity index (χ0v) is 29.6. The number of amides is 2. The number of hydrogen-bond donors (Lipinski definition) is 6. The van der Waals surface area contributed by atoms with Gasteiger partial charge >= 0.3 is 23.9 Å². The molecule has 6 N–H and O–H groups in total. The van der Waals surface area contributed by atoms with Crippen molar-refractivity contribution < 1.29 is 54.0 Å². The molecule has 3 atom stereocenters. The number of carbonyl (C=O) groups is 7. The van der Waals surface area contributed by atoms with Gasteiger partial charge in [0.25, 0.3) is 0 Å². The van der Waals surface area contributed by atoms with Crippen LogP contribution in [0.2, 0.25) is 0 Å². The summed E-state index contributed by atoms with van der Waals surface area (Å²) in [4.78, 5) is 81.5. The van der Waals surface area contributed by atoms with Crippen LogP contribution >= 0.6 is 0 Å². The quantitative estimate of drug-likeness (QED) is 0.0420. The number of nitrogens with one attached hydrogen (secondary N) is 2. The second kappa shape index (κ2) is 29.4. The van der Waals surface area contributed by atoms with Crippen LogP contribution in [-0.2, 0) is 33.6 Å². The van der Waals surface area contributed by atoms with Gasteiger partial charge in [-0.05, 0) is 38.5 Å². The molecule has 0 aliphatic rings. The van der Waals surface area contributed by atoms with Crippen LogP contribution in [0.1, 0.15) is 161 Å². The van der Waals surface area contributed by atoms with Crippen molar-refractivity contribution in [3.63, 3.8) is 0 Å². The Balaban J connectivity index is 4.07. The Morgan fingerprint density at radius 1 is 0.490 bits per heavy atom. The van der Waals surface area contributed by atoms with Gasteiger partial charge in [0.2, 0.25) is 11.8 Å². The number of carboxylic acids is 4. The fourth-order valence-corrected chi connectivity index (χ4v) is 5.53. The van der Waals surface area contributed by atoms with E-state index in [1.165, 1.54) is 38.5 Å². The van der Waals surface area contributed by atoms with Gasteiger partial charge < -0.3 is 31.1 Å². The summed E-state index contributed by atoms with van der Waals surface area (Å²) in [6, 6.07) is -1.32. The number of ketones is 1. The predicted molar refractivity (Wildman–Crippen MR) is 184 cm³/mol. The van der Waals surface area contributed by atoms with Crippen molar-refractivity contribution >= 4 is 41.5 Å². The minimum atomic E-state index is -1.32. The summed E-state index contributed by atoms with van der Waals surface area (Å²) in [6.45, 7) is 1.94. The van der Waals surface area contributed by atoms with Crippen LogP contribution in [0.15, 0.2) is 0 Å². The number of Topliss-reactive ketones (excluding diaryl/α,β-unsaturated/α-hetero) is 1. The summed E-state index contributed by atoms with van der Waals surface area (Å²) in [6.07, 6.45) is 16.3. The number of carbonyl (C=O) groups excluding carboxylic acids is 3. The minimum Gasteiger partial charge on any atom is -0.481 e. The molecule has 0 aromatic rings. The normalized spacial score (nSPS) is 12.8. The van der Waals surface area contributed by atoms with Gasteiger partial charge in [-0.3, -0.25) is 28.8 Å². The fraction of sp³-hybridized carbons (Fsp3) is 0.806. The third kappa shape index (κ3) is 28.1. The van der Waals surface area contributed by atoms with Crippen LogP contribution in [-0.4, -0.2) is 74.5 Å². The van der Waals surface area contributed by atoms with Gasteiger partial charge in [0.15, 0.2) is 0 Å². The lowest BCUT2D eigenvalue weighted by Crippen LogP contribution is -2.41.